The molecule has 2 aliphatic rings. The molecule has 4 unspecified atom stereocenters. The second kappa shape index (κ2) is 4.98. The molecule has 0 radical (unpaired) electrons. The predicted molar refractivity (Wildman–Crippen MR) is 71.4 cm³/mol. The average Bonchev–Trinajstić information content (AvgIpc) is 2.84. The molecule has 3 nitrogen and oxygen atoms in total. The molecule has 3 heteroatoms. The van der Waals surface area contributed by atoms with E-state index < -0.39 is 0 Å². The van der Waals surface area contributed by atoms with E-state index in [9.17, 15) is 0 Å². The molecule has 0 saturated carbocycles. The third-order valence-electron chi connectivity index (χ3n) is 4.48. The van der Waals surface area contributed by atoms with Crippen molar-refractivity contribution < 1.29 is 4.74 Å². The van der Waals surface area contributed by atoms with Crippen molar-refractivity contribution in [3.8, 4) is 0 Å². The Balaban J connectivity index is 1.81. The van der Waals surface area contributed by atoms with Gasteiger partial charge >= 0.3 is 0 Å². The summed E-state index contributed by atoms with van der Waals surface area (Å²) >= 11 is 0. The third-order valence-corrected chi connectivity index (χ3v) is 4.48. The van der Waals surface area contributed by atoms with Crippen molar-refractivity contribution in [2.45, 2.75) is 50.7 Å². The summed E-state index contributed by atoms with van der Waals surface area (Å²) in [6, 6.07) is 4.44. The Kier molecular flexibility index (Phi) is 3.35. The number of rotatable bonds is 2. The van der Waals surface area contributed by atoms with Crippen LogP contribution in [0.5, 0.6) is 0 Å². The van der Waals surface area contributed by atoms with Gasteiger partial charge in [-0.05, 0) is 44.2 Å². The lowest BCUT2D eigenvalue weighted by Gasteiger charge is -2.31. The summed E-state index contributed by atoms with van der Waals surface area (Å²) < 4.78 is 5.66. The van der Waals surface area contributed by atoms with Gasteiger partial charge in [0.05, 0.1) is 12.7 Å². The maximum atomic E-state index is 6.51. The molecule has 1 aliphatic carbocycles. The van der Waals surface area contributed by atoms with Gasteiger partial charge in [-0.15, -0.1) is 0 Å². The minimum atomic E-state index is 0.198. The van der Waals surface area contributed by atoms with E-state index in [-0.39, 0.29) is 6.04 Å². The molecule has 2 N–H and O–H groups in total. The van der Waals surface area contributed by atoms with Crippen LogP contribution < -0.4 is 5.73 Å². The number of fused-ring (bicyclic) bond motifs is 1. The third kappa shape index (κ3) is 2.17. The summed E-state index contributed by atoms with van der Waals surface area (Å²) in [6.07, 6.45) is 6.94. The Bertz CT molecular complexity index is 421. The van der Waals surface area contributed by atoms with Crippen LogP contribution in [-0.4, -0.2) is 23.7 Å². The van der Waals surface area contributed by atoms with E-state index in [4.69, 9.17) is 10.5 Å². The summed E-state index contributed by atoms with van der Waals surface area (Å²) in [6.45, 7) is 2.96. The number of nitrogens with two attached hydrogens (primary N) is 1. The first-order valence-corrected chi connectivity index (χ1v) is 7.06. The van der Waals surface area contributed by atoms with Gasteiger partial charge in [-0.3, -0.25) is 4.98 Å². The normalized spacial score (nSPS) is 33.1. The van der Waals surface area contributed by atoms with E-state index in [1.165, 1.54) is 24.1 Å². The molecule has 4 atom stereocenters. The van der Waals surface area contributed by atoms with E-state index in [1.54, 1.807) is 0 Å². The first-order valence-electron chi connectivity index (χ1n) is 7.06. The summed E-state index contributed by atoms with van der Waals surface area (Å²) in [5, 5.41) is 0. The highest BCUT2D eigenvalue weighted by Crippen LogP contribution is 2.36. The zero-order valence-corrected chi connectivity index (χ0v) is 11.0. The molecule has 0 bridgehead atoms. The van der Waals surface area contributed by atoms with Gasteiger partial charge in [0.1, 0.15) is 0 Å². The lowest BCUT2D eigenvalue weighted by atomic mass is 9.77. The Morgan fingerprint density at radius 1 is 1.50 bits per heavy atom. The van der Waals surface area contributed by atoms with E-state index >= 15 is 0 Å². The number of aryl methyl sites for hydroxylation is 1. The van der Waals surface area contributed by atoms with Gasteiger partial charge in [-0.25, -0.2) is 0 Å². The zero-order chi connectivity index (χ0) is 12.5. The standard InChI is InChI=1S/C15H22N2O/c1-10-8-12(9-18-10)14(16)13-6-2-4-11-5-3-7-17-15(11)13/h3,5,7,10,12-14H,2,4,6,8-9,16H2,1H3. The van der Waals surface area contributed by atoms with Crippen molar-refractivity contribution in [2.75, 3.05) is 6.61 Å². The van der Waals surface area contributed by atoms with Crippen molar-refractivity contribution in [2.24, 2.45) is 11.7 Å². The first kappa shape index (κ1) is 12.1. The molecule has 1 saturated heterocycles. The minimum absolute atomic E-state index is 0.198. The molecule has 18 heavy (non-hydrogen) atoms. The number of pyridine rings is 1. The van der Waals surface area contributed by atoms with Gasteiger partial charge in [-0.2, -0.15) is 0 Å². The van der Waals surface area contributed by atoms with Crippen LogP contribution in [0.3, 0.4) is 0 Å². The van der Waals surface area contributed by atoms with Gasteiger partial charge in [0.25, 0.3) is 0 Å². The van der Waals surface area contributed by atoms with E-state index in [0.29, 0.717) is 17.9 Å². The molecule has 1 fully saturated rings. The summed E-state index contributed by atoms with van der Waals surface area (Å²) in [7, 11) is 0. The second-order valence-electron chi connectivity index (χ2n) is 5.76. The minimum Gasteiger partial charge on any atom is -0.378 e. The van der Waals surface area contributed by atoms with Crippen molar-refractivity contribution in [1.29, 1.82) is 0 Å². The van der Waals surface area contributed by atoms with E-state index in [2.05, 4.69) is 18.0 Å². The largest absolute Gasteiger partial charge is 0.378 e. The fourth-order valence-electron chi connectivity index (χ4n) is 3.47. The lowest BCUT2D eigenvalue weighted by Crippen LogP contribution is -2.38. The molecule has 0 amide bonds. The zero-order valence-electron chi connectivity index (χ0n) is 11.0. The number of aromatic nitrogens is 1. The van der Waals surface area contributed by atoms with Crippen molar-refractivity contribution >= 4 is 0 Å². The van der Waals surface area contributed by atoms with Crippen LogP contribution in [0.15, 0.2) is 18.3 Å². The van der Waals surface area contributed by atoms with Crippen LogP contribution >= 0.6 is 0 Å². The van der Waals surface area contributed by atoms with Gasteiger partial charge in [0.15, 0.2) is 0 Å². The van der Waals surface area contributed by atoms with Crippen molar-refractivity contribution in [1.82, 2.24) is 4.98 Å². The van der Waals surface area contributed by atoms with Crippen LogP contribution in [-0.2, 0) is 11.2 Å². The van der Waals surface area contributed by atoms with Crippen LogP contribution in [0.2, 0.25) is 0 Å². The Morgan fingerprint density at radius 3 is 3.17 bits per heavy atom. The smallest absolute Gasteiger partial charge is 0.0551 e. The number of hydrogen-bond acceptors (Lipinski definition) is 3. The lowest BCUT2D eigenvalue weighted by molar-refractivity contribution is 0.117. The van der Waals surface area contributed by atoms with Gasteiger partial charge < -0.3 is 10.5 Å². The fraction of sp³-hybridized carbons (Fsp3) is 0.667. The Morgan fingerprint density at radius 2 is 2.39 bits per heavy atom. The van der Waals surface area contributed by atoms with E-state index in [1.807, 2.05) is 12.3 Å². The fourth-order valence-corrected chi connectivity index (χ4v) is 3.47. The average molecular weight is 246 g/mol. The van der Waals surface area contributed by atoms with Gasteiger partial charge in [0, 0.05) is 29.8 Å². The van der Waals surface area contributed by atoms with Gasteiger partial charge in [0.2, 0.25) is 0 Å². The molecule has 98 valence electrons. The highest BCUT2D eigenvalue weighted by Gasteiger charge is 2.35. The first-order chi connectivity index (χ1) is 8.75. The molecule has 0 spiro atoms. The van der Waals surface area contributed by atoms with E-state index in [0.717, 1.165) is 19.4 Å². The Hall–Kier alpha value is -0.930. The van der Waals surface area contributed by atoms with Crippen molar-refractivity contribution in [3.05, 3.63) is 29.6 Å². The molecule has 0 aromatic carbocycles. The SMILES string of the molecule is CC1CC(C(N)C2CCCc3cccnc32)CO1. The topological polar surface area (TPSA) is 48.1 Å². The number of ether oxygens (including phenoxy) is 1. The van der Waals surface area contributed by atoms with Gasteiger partial charge in [-0.1, -0.05) is 6.07 Å². The van der Waals surface area contributed by atoms with Crippen LogP contribution in [0, 0.1) is 5.92 Å². The molecule has 1 aliphatic heterocycles. The molecule has 3 rings (SSSR count). The summed E-state index contributed by atoms with van der Waals surface area (Å²) in [5.41, 5.74) is 9.16. The monoisotopic (exact) mass is 246 g/mol. The molecule has 2 heterocycles. The number of hydrogen-bond donors (Lipinski definition) is 1. The molecule has 1 aromatic rings. The van der Waals surface area contributed by atoms with Crippen LogP contribution in [0.1, 0.15) is 43.4 Å². The maximum Gasteiger partial charge on any atom is 0.0551 e. The van der Waals surface area contributed by atoms with Crippen LogP contribution in [0.4, 0.5) is 0 Å². The highest BCUT2D eigenvalue weighted by atomic mass is 16.5. The quantitative estimate of drug-likeness (QED) is 0.870. The summed E-state index contributed by atoms with van der Waals surface area (Å²) in [5.74, 6) is 0.923. The second-order valence-corrected chi connectivity index (χ2v) is 5.76. The van der Waals surface area contributed by atoms with Crippen LogP contribution in [0.25, 0.3) is 0 Å². The predicted octanol–water partition coefficient (Wildman–Crippen LogP) is 2.25. The molecular weight excluding hydrogens is 224 g/mol. The molecule has 1 aromatic heterocycles. The number of nitrogens with zero attached hydrogens (tertiary/aromatic N) is 1. The molecular formula is C15H22N2O. The highest BCUT2D eigenvalue weighted by molar-refractivity contribution is 5.27. The van der Waals surface area contributed by atoms with Crippen molar-refractivity contribution in [3.63, 3.8) is 0 Å². The Labute approximate surface area is 109 Å². The maximum absolute atomic E-state index is 6.51. The summed E-state index contributed by atoms with van der Waals surface area (Å²) in [4.78, 5) is 4.59.